The fourth-order valence-corrected chi connectivity index (χ4v) is 4.00. The third-order valence-corrected chi connectivity index (χ3v) is 5.43. The average molecular weight is 359 g/mol. The van der Waals surface area contributed by atoms with E-state index in [1.807, 2.05) is 0 Å². The summed E-state index contributed by atoms with van der Waals surface area (Å²) in [6.07, 6.45) is 3.76. The second kappa shape index (κ2) is 9.93. The van der Waals surface area contributed by atoms with Crippen LogP contribution in [0, 0.1) is 5.92 Å². The van der Waals surface area contributed by atoms with Crippen LogP contribution in [0.25, 0.3) is 0 Å². The lowest BCUT2D eigenvalue weighted by molar-refractivity contribution is 0.181. The highest BCUT2D eigenvalue weighted by molar-refractivity contribution is 5.79. The first-order valence-electron chi connectivity index (χ1n) is 10.1. The molecule has 1 aromatic carbocycles. The number of hydrogen-bond donors (Lipinski definition) is 1. The van der Waals surface area contributed by atoms with Crippen LogP contribution in [0.1, 0.15) is 37.8 Å². The van der Waals surface area contributed by atoms with Crippen LogP contribution < -0.4 is 5.32 Å². The van der Waals surface area contributed by atoms with Crippen LogP contribution in [0.4, 0.5) is 0 Å². The fourth-order valence-electron chi connectivity index (χ4n) is 4.00. The molecule has 1 N–H and O–H groups in total. The largest absolute Gasteiger partial charge is 0.381 e. The molecule has 144 valence electrons. The van der Waals surface area contributed by atoms with Gasteiger partial charge in [-0.3, -0.25) is 9.89 Å². The minimum Gasteiger partial charge on any atom is -0.381 e. The quantitative estimate of drug-likeness (QED) is 0.601. The molecule has 1 aromatic rings. The smallest absolute Gasteiger partial charge is 0.193 e. The van der Waals surface area contributed by atoms with Crippen LogP contribution in [-0.4, -0.2) is 68.7 Å². The molecule has 2 unspecified atom stereocenters. The molecule has 2 fully saturated rings. The number of rotatable bonds is 7. The third kappa shape index (κ3) is 5.21. The van der Waals surface area contributed by atoms with Gasteiger partial charge in [-0.1, -0.05) is 30.3 Å². The minimum atomic E-state index is 0.371. The van der Waals surface area contributed by atoms with Crippen molar-refractivity contribution in [2.45, 2.75) is 32.2 Å². The van der Waals surface area contributed by atoms with E-state index in [2.05, 4.69) is 59.4 Å². The number of hydrogen-bond acceptors (Lipinski definition) is 3. The standard InChI is InChI=1S/C21H34N4O/c1-3-22-21(24(2)16-18-11-14-26-17-18)23-15-20(25-12-7-8-13-25)19-9-5-4-6-10-19/h4-6,9-10,18,20H,3,7-8,11-17H2,1-2H3,(H,22,23). The Morgan fingerprint density at radius 2 is 2.08 bits per heavy atom. The number of likely N-dealkylation sites (tertiary alicyclic amines) is 1. The molecule has 0 radical (unpaired) electrons. The molecule has 2 heterocycles. The van der Waals surface area contributed by atoms with E-state index in [1.54, 1.807) is 0 Å². The number of guanidine groups is 1. The fraction of sp³-hybridized carbons (Fsp3) is 0.667. The van der Waals surface area contributed by atoms with Gasteiger partial charge >= 0.3 is 0 Å². The molecule has 26 heavy (non-hydrogen) atoms. The van der Waals surface area contributed by atoms with Crippen molar-refractivity contribution in [3.05, 3.63) is 35.9 Å². The van der Waals surface area contributed by atoms with Gasteiger partial charge in [0, 0.05) is 32.7 Å². The van der Waals surface area contributed by atoms with Gasteiger partial charge in [0.15, 0.2) is 5.96 Å². The maximum atomic E-state index is 5.53. The van der Waals surface area contributed by atoms with Crippen molar-refractivity contribution in [3.8, 4) is 0 Å². The summed E-state index contributed by atoms with van der Waals surface area (Å²) in [5.41, 5.74) is 1.38. The molecule has 5 nitrogen and oxygen atoms in total. The summed E-state index contributed by atoms with van der Waals surface area (Å²) >= 11 is 0. The zero-order valence-electron chi connectivity index (χ0n) is 16.4. The Morgan fingerprint density at radius 1 is 1.31 bits per heavy atom. The van der Waals surface area contributed by atoms with Crippen molar-refractivity contribution >= 4 is 5.96 Å². The van der Waals surface area contributed by atoms with Crippen LogP contribution >= 0.6 is 0 Å². The summed E-state index contributed by atoms with van der Waals surface area (Å²) in [7, 11) is 2.15. The normalized spacial score (nSPS) is 22.5. The highest BCUT2D eigenvalue weighted by Crippen LogP contribution is 2.25. The molecule has 0 aromatic heterocycles. The number of nitrogens with one attached hydrogen (secondary N) is 1. The van der Waals surface area contributed by atoms with E-state index < -0.39 is 0 Å². The molecular formula is C21H34N4O. The first-order valence-corrected chi connectivity index (χ1v) is 10.1. The van der Waals surface area contributed by atoms with E-state index in [1.165, 1.54) is 31.5 Å². The van der Waals surface area contributed by atoms with Crippen LogP contribution in [0.3, 0.4) is 0 Å². The molecule has 2 atom stereocenters. The van der Waals surface area contributed by atoms with Gasteiger partial charge < -0.3 is 15.0 Å². The maximum Gasteiger partial charge on any atom is 0.193 e. The van der Waals surface area contributed by atoms with Gasteiger partial charge in [-0.2, -0.15) is 0 Å². The van der Waals surface area contributed by atoms with Crippen molar-refractivity contribution in [1.29, 1.82) is 0 Å². The molecule has 2 aliphatic rings. The van der Waals surface area contributed by atoms with Crippen LogP contribution in [-0.2, 0) is 4.74 Å². The van der Waals surface area contributed by atoms with Crippen LogP contribution in [0.15, 0.2) is 35.3 Å². The molecule has 2 saturated heterocycles. The topological polar surface area (TPSA) is 40.1 Å². The molecular weight excluding hydrogens is 324 g/mol. The Hall–Kier alpha value is -1.59. The van der Waals surface area contributed by atoms with Gasteiger partial charge in [-0.15, -0.1) is 0 Å². The summed E-state index contributed by atoms with van der Waals surface area (Å²) in [5, 5.41) is 3.47. The summed E-state index contributed by atoms with van der Waals surface area (Å²) in [6, 6.07) is 11.2. The van der Waals surface area contributed by atoms with Gasteiger partial charge in [0.2, 0.25) is 0 Å². The molecule has 2 aliphatic heterocycles. The van der Waals surface area contributed by atoms with E-state index in [-0.39, 0.29) is 0 Å². The Kier molecular flexibility index (Phi) is 7.32. The Balaban J connectivity index is 1.69. The molecule has 3 rings (SSSR count). The lowest BCUT2D eigenvalue weighted by atomic mass is 10.1. The molecule has 0 aliphatic carbocycles. The number of benzene rings is 1. The van der Waals surface area contributed by atoms with E-state index in [0.29, 0.717) is 12.0 Å². The van der Waals surface area contributed by atoms with E-state index in [4.69, 9.17) is 9.73 Å². The summed E-state index contributed by atoms with van der Waals surface area (Å²) in [5.74, 6) is 1.63. The monoisotopic (exact) mass is 358 g/mol. The molecule has 0 amide bonds. The predicted molar refractivity (Wildman–Crippen MR) is 108 cm³/mol. The van der Waals surface area contributed by atoms with Crippen LogP contribution in [0.5, 0.6) is 0 Å². The van der Waals surface area contributed by atoms with E-state index >= 15 is 0 Å². The Bertz CT molecular complexity index is 550. The molecule has 0 bridgehead atoms. The van der Waals surface area contributed by atoms with Gasteiger partial charge in [0.1, 0.15) is 0 Å². The van der Waals surface area contributed by atoms with E-state index in [0.717, 1.165) is 45.2 Å². The van der Waals surface area contributed by atoms with Crippen LogP contribution in [0.2, 0.25) is 0 Å². The predicted octanol–water partition coefficient (Wildman–Crippen LogP) is 2.76. The lowest BCUT2D eigenvalue weighted by Gasteiger charge is -2.29. The maximum absolute atomic E-state index is 5.53. The molecule has 5 heteroatoms. The van der Waals surface area contributed by atoms with Crippen molar-refractivity contribution in [1.82, 2.24) is 15.1 Å². The zero-order valence-corrected chi connectivity index (χ0v) is 16.4. The van der Waals surface area contributed by atoms with Gasteiger partial charge in [0.25, 0.3) is 0 Å². The first-order chi connectivity index (χ1) is 12.8. The number of aliphatic imine (C=N–C) groups is 1. The highest BCUT2D eigenvalue weighted by atomic mass is 16.5. The molecule has 0 saturated carbocycles. The summed E-state index contributed by atoms with van der Waals surface area (Å²) in [4.78, 5) is 9.89. The van der Waals surface area contributed by atoms with Crippen molar-refractivity contribution in [3.63, 3.8) is 0 Å². The van der Waals surface area contributed by atoms with Gasteiger partial charge in [-0.25, -0.2) is 0 Å². The Morgan fingerprint density at radius 3 is 2.73 bits per heavy atom. The minimum absolute atomic E-state index is 0.371. The summed E-state index contributed by atoms with van der Waals surface area (Å²) in [6.45, 7) is 8.98. The van der Waals surface area contributed by atoms with Crippen molar-refractivity contribution in [2.75, 3.05) is 53.0 Å². The van der Waals surface area contributed by atoms with E-state index in [9.17, 15) is 0 Å². The SMILES string of the molecule is CCNC(=NCC(c1ccccc1)N1CCCC1)N(C)CC1CCOC1. The van der Waals surface area contributed by atoms with Gasteiger partial charge in [-0.05, 0) is 44.8 Å². The zero-order chi connectivity index (χ0) is 18.2. The summed E-state index contributed by atoms with van der Waals surface area (Å²) < 4.78 is 5.53. The lowest BCUT2D eigenvalue weighted by Crippen LogP contribution is -2.42. The van der Waals surface area contributed by atoms with Crippen molar-refractivity contribution < 1.29 is 4.74 Å². The number of nitrogens with zero attached hydrogens (tertiary/aromatic N) is 3. The average Bonchev–Trinajstić information content (AvgIpc) is 3.36. The third-order valence-electron chi connectivity index (χ3n) is 5.43. The highest BCUT2D eigenvalue weighted by Gasteiger charge is 2.24. The first kappa shape index (κ1) is 19.2. The second-order valence-electron chi connectivity index (χ2n) is 7.47. The van der Waals surface area contributed by atoms with Crippen molar-refractivity contribution in [2.24, 2.45) is 10.9 Å². The molecule has 0 spiro atoms. The van der Waals surface area contributed by atoms with Gasteiger partial charge in [0.05, 0.1) is 19.2 Å². The second-order valence-corrected chi connectivity index (χ2v) is 7.47. The Labute approximate surface area is 158 Å². The number of ether oxygens (including phenoxy) is 1.